The number of benzene rings is 3. The number of nitrogens with one attached hydrogen (secondary N) is 2. The lowest BCUT2D eigenvalue weighted by molar-refractivity contribution is -0.157. The van der Waals surface area contributed by atoms with Crippen LogP contribution in [0.3, 0.4) is 0 Å². The molecule has 0 spiro atoms. The van der Waals surface area contributed by atoms with E-state index in [2.05, 4.69) is 5.32 Å². The van der Waals surface area contributed by atoms with Gasteiger partial charge >= 0.3 is 5.97 Å². The van der Waals surface area contributed by atoms with Crippen LogP contribution in [0.15, 0.2) is 91.0 Å². The molecule has 0 bridgehead atoms. The van der Waals surface area contributed by atoms with Crippen molar-refractivity contribution in [1.29, 1.82) is 5.41 Å². The predicted octanol–water partition coefficient (Wildman–Crippen LogP) is 4.30. The van der Waals surface area contributed by atoms with Gasteiger partial charge in [-0.05, 0) is 43.4 Å². The summed E-state index contributed by atoms with van der Waals surface area (Å²) in [5, 5.41) is 20.4. The smallest absolute Gasteiger partial charge is 0.326 e. The third-order valence-corrected chi connectivity index (χ3v) is 6.40. The van der Waals surface area contributed by atoms with Crippen molar-refractivity contribution in [3.63, 3.8) is 0 Å². The van der Waals surface area contributed by atoms with Gasteiger partial charge in [-0.25, -0.2) is 4.79 Å². The maximum Gasteiger partial charge on any atom is 0.326 e. The van der Waals surface area contributed by atoms with Crippen molar-refractivity contribution in [2.24, 2.45) is 5.73 Å². The largest absolute Gasteiger partial charge is 0.480 e. The zero-order valence-corrected chi connectivity index (χ0v) is 20.7. The van der Waals surface area contributed by atoms with Crippen LogP contribution in [0, 0.1) is 5.41 Å². The van der Waals surface area contributed by atoms with Gasteiger partial charge in [0.2, 0.25) is 5.91 Å². The average Bonchev–Trinajstić information content (AvgIpc) is 2.87. The Morgan fingerprint density at radius 2 is 1.39 bits per heavy atom. The maximum atomic E-state index is 14.5. The Balaban J connectivity index is 2.12. The minimum atomic E-state index is -1.09. The summed E-state index contributed by atoms with van der Waals surface area (Å²) in [5.74, 6) is -2.21. The van der Waals surface area contributed by atoms with E-state index >= 15 is 0 Å². The number of nitrogens with two attached hydrogens (primary N) is 1. The highest BCUT2D eigenvalue weighted by atomic mass is 16.4. The van der Waals surface area contributed by atoms with E-state index in [0.717, 1.165) is 16.7 Å². The molecule has 0 aliphatic rings. The summed E-state index contributed by atoms with van der Waals surface area (Å²) in [6.07, 6.45) is 0.625. The fourth-order valence-electron chi connectivity index (χ4n) is 4.59. The quantitative estimate of drug-likeness (QED) is 0.183. The van der Waals surface area contributed by atoms with Crippen LogP contribution in [-0.2, 0) is 15.1 Å². The number of rotatable bonds is 11. The molecule has 3 aromatic rings. The fraction of sp³-hybridized carbons (Fsp3) is 0.276. The Morgan fingerprint density at radius 3 is 1.83 bits per heavy atom. The third-order valence-electron chi connectivity index (χ3n) is 6.40. The number of guanidine groups is 1. The van der Waals surface area contributed by atoms with Gasteiger partial charge in [0.25, 0.3) is 0 Å². The fourth-order valence-corrected chi connectivity index (χ4v) is 4.59. The van der Waals surface area contributed by atoms with Crippen LogP contribution in [0.25, 0.3) is 0 Å². The molecule has 0 saturated heterocycles. The van der Waals surface area contributed by atoms with Crippen molar-refractivity contribution in [2.75, 3.05) is 6.54 Å². The maximum absolute atomic E-state index is 14.5. The van der Waals surface area contributed by atoms with Crippen molar-refractivity contribution in [2.45, 2.75) is 44.2 Å². The van der Waals surface area contributed by atoms with Crippen LogP contribution in [0.1, 0.15) is 49.3 Å². The Morgan fingerprint density at radius 1 is 0.917 bits per heavy atom. The first-order valence-electron chi connectivity index (χ1n) is 12.0. The summed E-state index contributed by atoms with van der Waals surface area (Å²) < 4.78 is 0. The number of aliphatic carboxylic acids is 1. The molecule has 0 saturated carbocycles. The first-order valence-corrected chi connectivity index (χ1v) is 12.0. The normalized spacial score (nSPS) is 12.1. The van der Waals surface area contributed by atoms with Crippen molar-refractivity contribution < 1.29 is 14.7 Å². The van der Waals surface area contributed by atoms with Gasteiger partial charge in [-0.2, -0.15) is 0 Å². The second kappa shape index (κ2) is 12.0. The molecule has 188 valence electrons. The molecule has 0 radical (unpaired) electrons. The molecule has 3 aromatic carbocycles. The van der Waals surface area contributed by atoms with E-state index in [0.29, 0.717) is 13.0 Å². The molecule has 3 rings (SSSR count). The lowest BCUT2D eigenvalue weighted by atomic mass is 9.84. The van der Waals surface area contributed by atoms with E-state index in [1.54, 1.807) is 0 Å². The highest BCUT2D eigenvalue weighted by molar-refractivity contribution is 5.91. The summed E-state index contributed by atoms with van der Waals surface area (Å²) in [4.78, 5) is 28.7. The second-order valence-electron chi connectivity index (χ2n) is 9.22. The van der Waals surface area contributed by atoms with E-state index in [1.807, 2.05) is 105 Å². The molecular weight excluding hydrogens is 452 g/mol. The molecule has 0 fully saturated rings. The summed E-state index contributed by atoms with van der Waals surface area (Å²) in [7, 11) is 0. The van der Waals surface area contributed by atoms with Crippen molar-refractivity contribution >= 4 is 17.8 Å². The van der Waals surface area contributed by atoms with Crippen LogP contribution in [0.5, 0.6) is 0 Å². The number of carboxylic acids is 1. The third kappa shape index (κ3) is 6.30. The van der Waals surface area contributed by atoms with E-state index < -0.39 is 23.5 Å². The topological polar surface area (TPSA) is 120 Å². The Kier molecular flexibility index (Phi) is 8.84. The van der Waals surface area contributed by atoms with Crippen LogP contribution in [0.4, 0.5) is 0 Å². The summed E-state index contributed by atoms with van der Waals surface area (Å²) in [5.41, 5.74) is 6.89. The molecule has 1 atom stereocenters. The zero-order chi connectivity index (χ0) is 26.1. The average molecular weight is 487 g/mol. The van der Waals surface area contributed by atoms with E-state index in [-0.39, 0.29) is 18.3 Å². The summed E-state index contributed by atoms with van der Waals surface area (Å²) >= 11 is 0. The molecule has 1 amide bonds. The first-order chi connectivity index (χ1) is 17.2. The number of carboxylic acid groups (broad SMARTS) is 1. The Bertz CT molecular complexity index is 1110. The van der Waals surface area contributed by atoms with Crippen LogP contribution < -0.4 is 11.1 Å². The standard InChI is InChI=1S/C29H34N4O3/c1-29(2,23-17-10-5-11-18-23)33(24(27(35)36)19-12-20-32-28(30)31)26(34)25(21-13-6-3-7-14-21)22-15-8-4-9-16-22/h3-11,13-18,24-25H,12,19-20H2,1-2H3,(H,35,36)(H4,30,31,32). The number of amides is 1. The van der Waals surface area contributed by atoms with Gasteiger partial charge in [-0.15, -0.1) is 0 Å². The van der Waals surface area contributed by atoms with Gasteiger partial charge in [-0.1, -0.05) is 91.0 Å². The van der Waals surface area contributed by atoms with Crippen LogP contribution >= 0.6 is 0 Å². The van der Waals surface area contributed by atoms with E-state index in [4.69, 9.17) is 11.1 Å². The van der Waals surface area contributed by atoms with Crippen molar-refractivity contribution in [1.82, 2.24) is 10.2 Å². The molecular formula is C29H34N4O3. The van der Waals surface area contributed by atoms with Gasteiger partial charge in [0.1, 0.15) is 6.04 Å². The zero-order valence-electron chi connectivity index (χ0n) is 20.7. The SMILES string of the molecule is CC(C)(c1ccccc1)N(C(=O)C(c1ccccc1)c1ccccc1)C(CCCNC(=N)N)C(=O)O. The van der Waals surface area contributed by atoms with Crippen LogP contribution in [-0.4, -0.2) is 40.4 Å². The second-order valence-corrected chi connectivity index (χ2v) is 9.22. The van der Waals surface area contributed by atoms with Crippen LogP contribution in [0.2, 0.25) is 0 Å². The van der Waals surface area contributed by atoms with Gasteiger partial charge < -0.3 is 21.1 Å². The van der Waals surface area contributed by atoms with Crippen molar-refractivity contribution in [3.8, 4) is 0 Å². The Hall–Kier alpha value is -4.13. The molecule has 5 N–H and O–H groups in total. The molecule has 0 aromatic heterocycles. The highest BCUT2D eigenvalue weighted by Crippen LogP contribution is 2.36. The number of carbonyl (C=O) groups is 2. The van der Waals surface area contributed by atoms with E-state index in [9.17, 15) is 14.7 Å². The van der Waals surface area contributed by atoms with Crippen molar-refractivity contribution in [3.05, 3.63) is 108 Å². The lowest BCUT2D eigenvalue weighted by Crippen LogP contribution is -2.56. The molecule has 36 heavy (non-hydrogen) atoms. The number of hydrogen-bond acceptors (Lipinski definition) is 3. The van der Waals surface area contributed by atoms with E-state index in [1.165, 1.54) is 4.90 Å². The van der Waals surface area contributed by atoms with Gasteiger partial charge in [-0.3, -0.25) is 10.2 Å². The summed E-state index contributed by atoms with van der Waals surface area (Å²) in [6.45, 7) is 4.11. The predicted molar refractivity (Wildman–Crippen MR) is 142 cm³/mol. The monoisotopic (exact) mass is 486 g/mol. The number of hydrogen-bond donors (Lipinski definition) is 4. The Labute approximate surface area is 212 Å². The molecule has 1 unspecified atom stereocenters. The summed E-state index contributed by atoms with van der Waals surface area (Å²) in [6, 6.07) is 27.3. The van der Waals surface area contributed by atoms with Gasteiger partial charge in [0.15, 0.2) is 5.96 Å². The number of nitrogens with zero attached hydrogens (tertiary/aromatic N) is 1. The molecule has 0 aliphatic heterocycles. The molecule has 0 aliphatic carbocycles. The number of carbonyl (C=O) groups excluding carboxylic acids is 1. The molecule has 0 heterocycles. The lowest BCUT2D eigenvalue weighted by Gasteiger charge is -2.44. The first kappa shape index (κ1) is 26.5. The highest BCUT2D eigenvalue weighted by Gasteiger charge is 2.43. The molecule has 7 heteroatoms. The minimum Gasteiger partial charge on any atom is -0.480 e. The van der Waals surface area contributed by atoms with Gasteiger partial charge in [0.05, 0.1) is 11.5 Å². The minimum absolute atomic E-state index is 0.173. The molecule has 7 nitrogen and oxygen atoms in total. The van der Waals surface area contributed by atoms with Gasteiger partial charge in [0, 0.05) is 6.54 Å².